The maximum absolute atomic E-state index is 11.1. The lowest BCUT2D eigenvalue weighted by atomic mass is 10.1. The molecule has 1 heterocycles. The summed E-state index contributed by atoms with van der Waals surface area (Å²) in [5.74, 6) is -0.148. The number of hydrogen-bond acceptors (Lipinski definition) is 2. The number of rotatable bonds is 2. The minimum Gasteiger partial charge on any atom is -0.358 e. The Hall–Kier alpha value is -1.00. The molecule has 0 aliphatic rings. The van der Waals surface area contributed by atoms with Gasteiger partial charge in [0, 0.05) is 21.8 Å². The van der Waals surface area contributed by atoms with Crippen molar-refractivity contribution >= 4 is 30.6 Å². The van der Waals surface area contributed by atoms with Crippen molar-refractivity contribution in [2.75, 3.05) is 0 Å². The molecular formula is C11H12ClNO2S. The van der Waals surface area contributed by atoms with Gasteiger partial charge in [-0.15, -0.1) is 0 Å². The number of benzene rings is 1. The van der Waals surface area contributed by atoms with Gasteiger partial charge in [0.1, 0.15) is 0 Å². The van der Waals surface area contributed by atoms with Crippen LogP contribution in [0.25, 0.3) is 10.9 Å². The standard InChI is InChI=1S/C11H12ClNO2S/c1-7-8(2)13-11-9(6-16(12,14)15)4-3-5-10(7)11/h3-5,13H,6H2,1-2H3. The van der Waals surface area contributed by atoms with Gasteiger partial charge in [-0.05, 0) is 25.0 Å². The number of fused-ring (bicyclic) bond motifs is 1. The Labute approximate surface area is 98.8 Å². The molecule has 16 heavy (non-hydrogen) atoms. The molecule has 0 bridgehead atoms. The monoisotopic (exact) mass is 257 g/mol. The van der Waals surface area contributed by atoms with Crippen molar-refractivity contribution in [3.8, 4) is 0 Å². The lowest BCUT2D eigenvalue weighted by molar-refractivity contribution is 0.609. The van der Waals surface area contributed by atoms with E-state index < -0.39 is 9.05 Å². The van der Waals surface area contributed by atoms with Gasteiger partial charge in [-0.2, -0.15) is 0 Å². The largest absolute Gasteiger partial charge is 0.358 e. The first kappa shape index (κ1) is 11.5. The molecule has 0 saturated carbocycles. The lowest BCUT2D eigenvalue weighted by Gasteiger charge is -2.00. The summed E-state index contributed by atoms with van der Waals surface area (Å²) in [5.41, 5.74) is 3.77. The van der Waals surface area contributed by atoms with Crippen LogP contribution in [-0.2, 0) is 14.8 Å². The average Bonchev–Trinajstić information content (AvgIpc) is 2.43. The molecular weight excluding hydrogens is 246 g/mol. The zero-order valence-corrected chi connectivity index (χ0v) is 10.6. The van der Waals surface area contributed by atoms with Crippen LogP contribution in [0.4, 0.5) is 0 Å². The lowest BCUT2D eigenvalue weighted by Crippen LogP contribution is -1.95. The fourth-order valence-electron chi connectivity index (χ4n) is 1.85. The first-order valence-corrected chi connectivity index (χ1v) is 7.35. The second-order valence-corrected chi connectivity index (χ2v) is 6.67. The normalized spacial score (nSPS) is 12.2. The molecule has 5 heteroatoms. The molecule has 0 atom stereocenters. The Kier molecular flexibility index (Phi) is 2.72. The van der Waals surface area contributed by atoms with Crippen LogP contribution >= 0.6 is 10.7 Å². The van der Waals surface area contributed by atoms with E-state index in [1.807, 2.05) is 26.0 Å². The zero-order valence-electron chi connectivity index (χ0n) is 9.04. The van der Waals surface area contributed by atoms with E-state index in [2.05, 4.69) is 4.98 Å². The van der Waals surface area contributed by atoms with Crippen LogP contribution in [0.2, 0.25) is 0 Å². The van der Waals surface area contributed by atoms with Crippen molar-refractivity contribution < 1.29 is 8.42 Å². The summed E-state index contributed by atoms with van der Waals surface area (Å²) < 4.78 is 22.2. The maximum atomic E-state index is 11.1. The molecule has 0 aliphatic heterocycles. The highest BCUT2D eigenvalue weighted by Crippen LogP contribution is 2.25. The zero-order chi connectivity index (χ0) is 11.9. The van der Waals surface area contributed by atoms with Crippen LogP contribution in [0.3, 0.4) is 0 Å². The Morgan fingerprint density at radius 1 is 1.31 bits per heavy atom. The Bertz CT molecular complexity index is 643. The van der Waals surface area contributed by atoms with Crippen LogP contribution in [0, 0.1) is 13.8 Å². The molecule has 0 aliphatic carbocycles. The third-order valence-corrected chi connectivity index (χ3v) is 3.74. The SMILES string of the molecule is Cc1[nH]c2c(CS(=O)(=O)Cl)cccc2c1C. The van der Waals surface area contributed by atoms with Gasteiger partial charge in [-0.3, -0.25) is 0 Å². The molecule has 1 N–H and O–H groups in total. The van der Waals surface area contributed by atoms with E-state index in [4.69, 9.17) is 10.7 Å². The maximum Gasteiger partial charge on any atom is 0.236 e. The average molecular weight is 258 g/mol. The predicted molar refractivity (Wildman–Crippen MR) is 66.2 cm³/mol. The predicted octanol–water partition coefficient (Wildman–Crippen LogP) is 2.85. The van der Waals surface area contributed by atoms with E-state index in [-0.39, 0.29) is 5.75 Å². The molecule has 0 spiro atoms. The topological polar surface area (TPSA) is 49.9 Å². The van der Waals surface area contributed by atoms with E-state index in [1.54, 1.807) is 6.07 Å². The molecule has 0 radical (unpaired) electrons. The summed E-state index contributed by atoms with van der Waals surface area (Å²) in [6, 6.07) is 5.59. The van der Waals surface area contributed by atoms with Crippen LogP contribution in [0.1, 0.15) is 16.8 Å². The minimum absolute atomic E-state index is 0.148. The summed E-state index contributed by atoms with van der Waals surface area (Å²) >= 11 is 0. The van der Waals surface area contributed by atoms with Crippen molar-refractivity contribution in [3.63, 3.8) is 0 Å². The number of halogens is 1. The highest BCUT2D eigenvalue weighted by molar-refractivity contribution is 8.13. The van der Waals surface area contributed by atoms with Crippen molar-refractivity contribution in [1.82, 2.24) is 4.98 Å². The van der Waals surface area contributed by atoms with Gasteiger partial charge in [0.15, 0.2) is 0 Å². The number of aryl methyl sites for hydroxylation is 2. The molecule has 1 aromatic heterocycles. The molecule has 1 aromatic carbocycles. The van der Waals surface area contributed by atoms with Gasteiger partial charge in [0.05, 0.1) is 11.3 Å². The first-order chi connectivity index (χ1) is 7.38. The fraction of sp³-hybridized carbons (Fsp3) is 0.273. The number of hydrogen-bond donors (Lipinski definition) is 1. The molecule has 3 nitrogen and oxygen atoms in total. The third kappa shape index (κ3) is 2.08. The summed E-state index contributed by atoms with van der Waals surface area (Å²) in [6.07, 6.45) is 0. The van der Waals surface area contributed by atoms with Gasteiger partial charge in [0.25, 0.3) is 0 Å². The molecule has 2 aromatic rings. The minimum atomic E-state index is -3.52. The molecule has 2 rings (SSSR count). The fourth-order valence-corrected chi connectivity index (χ4v) is 2.81. The third-order valence-electron chi connectivity index (χ3n) is 2.76. The van der Waals surface area contributed by atoms with Gasteiger partial charge in [-0.25, -0.2) is 8.42 Å². The van der Waals surface area contributed by atoms with Gasteiger partial charge >= 0.3 is 0 Å². The van der Waals surface area contributed by atoms with E-state index in [0.29, 0.717) is 5.56 Å². The van der Waals surface area contributed by atoms with Crippen molar-refractivity contribution in [1.29, 1.82) is 0 Å². The Balaban J connectivity index is 2.67. The number of nitrogens with one attached hydrogen (secondary N) is 1. The number of para-hydroxylation sites is 1. The molecule has 0 unspecified atom stereocenters. The summed E-state index contributed by atoms with van der Waals surface area (Å²) in [7, 11) is 1.75. The number of aromatic amines is 1. The van der Waals surface area contributed by atoms with E-state index in [0.717, 1.165) is 22.2 Å². The van der Waals surface area contributed by atoms with Gasteiger partial charge < -0.3 is 4.98 Å². The van der Waals surface area contributed by atoms with Gasteiger partial charge in [0.2, 0.25) is 9.05 Å². The molecule has 0 fully saturated rings. The molecule has 0 amide bonds. The van der Waals surface area contributed by atoms with Crippen LogP contribution < -0.4 is 0 Å². The highest BCUT2D eigenvalue weighted by Gasteiger charge is 2.13. The second kappa shape index (κ2) is 3.79. The Morgan fingerprint density at radius 3 is 2.62 bits per heavy atom. The van der Waals surface area contributed by atoms with Crippen molar-refractivity contribution in [3.05, 3.63) is 35.0 Å². The van der Waals surface area contributed by atoms with Crippen LogP contribution in [0.15, 0.2) is 18.2 Å². The van der Waals surface area contributed by atoms with Crippen molar-refractivity contribution in [2.24, 2.45) is 0 Å². The molecule has 86 valence electrons. The van der Waals surface area contributed by atoms with E-state index in [1.165, 1.54) is 0 Å². The summed E-state index contributed by atoms with van der Waals surface area (Å²) in [6.45, 7) is 3.97. The van der Waals surface area contributed by atoms with Crippen LogP contribution in [0.5, 0.6) is 0 Å². The second-order valence-electron chi connectivity index (χ2n) is 3.90. The summed E-state index contributed by atoms with van der Waals surface area (Å²) in [5, 5.41) is 1.05. The van der Waals surface area contributed by atoms with Crippen molar-refractivity contribution in [2.45, 2.75) is 19.6 Å². The first-order valence-electron chi connectivity index (χ1n) is 4.87. The van der Waals surface area contributed by atoms with Crippen LogP contribution in [-0.4, -0.2) is 13.4 Å². The van der Waals surface area contributed by atoms with E-state index >= 15 is 0 Å². The number of H-pyrrole nitrogens is 1. The summed E-state index contributed by atoms with van der Waals surface area (Å²) in [4.78, 5) is 3.19. The quantitative estimate of drug-likeness (QED) is 0.841. The molecule has 0 saturated heterocycles. The Morgan fingerprint density at radius 2 is 2.00 bits per heavy atom. The highest BCUT2D eigenvalue weighted by atomic mass is 35.7. The van der Waals surface area contributed by atoms with E-state index in [9.17, 15) is 8.42 Å². The smallest absolute Gasteiger partial charge is 0.236 e. The number of aromatic nitrogens is 1. The van der Waals surface area contributed by atoms with Gasteiger partial charge in [-0.1, -0.05) is 18.2 Å².